The predicted molar refractivity (Wildman–Crippen MR) is 93.0 cm³/mol. The van der Waals surface area contributed by atoms with Crippen LogP contribution in [0.25, 0.3) is 0 Å². The minimum absolute atomic E-state index is 0.218. The first-order valence-electron chi connectivity index (χ1n) is 8.09. The molecule has 0 aliphatic carbocycles. The number of quaternary nitrogens is 1. The van der Waals surface area contributed by atoms with Crippen molar-refractivity contribution in [1.29, 1.82) is 0 Å². The average Bonchev–Trinajstić information content (AvgIpc) is 2.60. The van der Waals surface area contributed by atoms with Crippen molar-refractivity contribution in [2.45, 2.75) is 19.6 Å². The maximum atomic E-state index is 13.1. The molecule has 0 fully saturated rings. The van der Waals surface area contributed by atoms with Gasteiger partial charge < -0.3 is 10.0 Å². The highest BCUT2D eigenvalue weighted by molar-refractivity contribution is 5.30. The van der Waals surface area contributed by atoms with Gasteiger partial charge in [-0.1, -0.05) is 54.6 Å². The molecule has 0 amide bonds. The summed E-state index contributed by atoms with van der Waals surface area (Å²) >= 11 is 0. The number of hydrogen-bond donors (Lipinski definition) is 2. The van der Waals surface area contributed by atoms with E-state index in [1.165, 1.54) is 22.6 Å². The minimum Gasteiger partial charge on any atom is -0.507 e. The van der Waals surface area contributed by atoms with Crippen LogP contribution in [-0.2, 0) is 19.6 Å². The fraction of sp³-hybridized carbons (Fsp3) is 0.143. The molecular weight excluding hydrogens is 301 g/mol. The highest BCUT2D eigenvalue weighted by Gasteiger charge is 2.14. The van der Waals surface area contributed by atoms with Gasteiger partial charge in [0.2, 0.25) is 0 Å². The van der Waals surface area contributed by atoms with Crippen molar-refractivity contribution in [2.75, 3.05) is 0 Å². The molecule has 0 heterocycles. The second-order valence-electron chi connectivity index (χ2n) is 6.02. The maximum absolute atomic E-state index is 13.1. The number of nitrogens with one attached hydrogen (secondary N) is 1. The van der Waals surface area contributed by atoms with Gasteiger partial charge in [-0.25, -0.2) is 4.39 Å². The molecule has 0 saturated carbocycles. The van der Waals surface area contributed by atoms with E-state index in [2.05, 4.69) is 12.1 Å². The summed E-state index contributed by atoms with van der Waals surface area (Å²) in [6, 6.07) is 24.4. The van der Waals surface area contributed by atoms with E-state index < -0.39 is 0 Å². The van der Waals surface area contributed by atoms with Crippen LogP contribution in [0, 0.1) is 5.82 Å². The summed E-state index contributed by atoms with van der Waals surface area (Å²) in [5, 5.41) is 10.1. The summed E-state index contributed by atoms with van der Waals surface area (Å²) in [6.45, 7) is 2.31. The van der Waals surface area contributed by atoms with Crippen molar-refractivity contribution in [3.8, 4) is 5.75 Å². The number of hydrogen-bond acceptors (Lipinski definition) is 1. The zero-order chi connectivity index (χ0) is 16.8. The first-order valence-corrected chi connectivity index (χ1v) is 8.09. The van der Waals surface area contributed by atoms with Crippen LogP contribution >= 0.6 is 0 Å². The van der Waals surface area contributed by atoms with Crippen LogP contribution in [0.2, 0.25) is 0 Å². The van der Waals surface area contributed by atoms with Gasteiger partial charge in [-0.05, 0) is 24.3 Å². The molecule has 0 aliphatic heterocycles. The SMILES string of the molecule is Oc1ccccc1C[NH+](Cc1ccccc1)Cc1ccc(F)cc1. The number of aromatic hydroxyl groups is 1. The van der Waals surface area contributed by atoms with Crippen LogP contribution in [0.5, 0.6) is 5.75 Å². The fourth-order valence-electron chi connectivity index (χ4n) is 2.89. The molecule has 1 atom stereocenters. The second-order valence-corrected chi connectivity index (χ2v) is 6.02. The van der Waals surface area contributed by atoms with E-state index in [1.54, 1.807) is 6.07 Å². The fourth-order valence-corrected chi connectivity index (χ4v) is 2.89. The molecule has 0 saturated heterocycles. The van der Waals surface area contributed by atoms with E-state index in [4.69, 9.17) is 0 Å². The molecule has 1 unspecified atom stereocenters. The van der Waals surface area contributed by atoms with E-state index in [0.717, 1.165) is 24.2 Å². The lowest BCUT2D eigenvalue weighted by molar-refractivity contribution is -0.941. The van der Waals surface area contributed by atoms with Gasteiger partial charge in [0.15, 0.2) is 0 Å². The molecule has 0 radical (unpaired) electrons. The van der Waals surface area contributed by atoms with Crippen molar-refractivity contribution in [3.63, 3.8) is 0 Å². The van der Waals surface area contributed by atoms with Gasteiger partial charge in [-0.2, -0.15) is 0 Å². The van der Waals surface area contributed by atoms with Crippen LogP contribution in [0.1, 0.15) is 16.7 Å². The Morgan fingerprint density at radius 2 is 1.25 bits per heavy atom. The number of phenolic OH excluding ortho intramolecular Hbond substituents is 1. The van der Waals surface area contributed by atoms with Crippen molar-refractivity contribution in [3.05, 3.63) is 101 Å². The van der Waals surface area contributed by atoms with Gasteiger partial charge in [0, 0.05) is 16.7 Å². The summed E-state index contributed by atoms with van der Waals surface area (Å²) in [5.41, 5.74) is 3.24. The molecule has 2 N–H and O–H groups in total. The Kier molecular flexibility index (Phi) is 5.24. The van der Waals surface area contributed by atoms with E-state index in [9.17, 15) is 9.50 Å². The van der Waals surface area contributed by atoms with Gasteiger partial charge in [-0.3, -0.25) is 0 Å². The van der Waals surface area contributed by atoms with Gasteiger partial charge in [-0.15, -0.1) is 0 Å². The predicted octanol–water partition coefficient (Wildman–Crippen LogP) is 3.32. The molecule has 3 heteroatoms. The minimum atomic E-state index is -0.218. The summed E-state index contributed by atoms with van der Waals surface area (Å²) in [4.78, 5) is 1.29. The van der Waals surface area contributed by atoms with Gasteiger partial charge in [0.05, 0.1) is 0 Å². The lowest BCUT2D eigenvalue weighted by atomic mass is 10.1. The highest BCUT2D eigenvalue weighted by atomic mass is 19.1. The first-order chi connectivity index (χ1) is 11.7. The quantitative estimate of drug-likeness (QED) is 0.715. The topological polar surface area (TPSA) is 24.7 Å². The van der Waals surface area contributed by atoms with Crippen LogP contribution in [-0.4, -0.2) is 5.11 Å². The van der Waals surface area contributed by atoms with Crippen LogP contribution in [0.15, 0.2) is 78.9 Å². The third kappa shape index (κ3) is 4.43. The third-order valence-electron chi connectivity index (χ3n) is 4.10. The van der Waals surface area contributed by atoms with E-state index >= 15 is 0 Å². The number of phenols is 1. The largest absolute Gasteiger partial charge is 0.507 e. The molecule has 0 bridgehead atoms. The van der Waals surface area contributed by atoms with E-state index in [1.807, 2.05) is 48.5 Å². The van der Waals surface area contributed by atoms with Crippen molar-refractivity contribution >= 4 is 0 Å². The van der Waals surface area contributed by atoms with Gasteiger partial charge >= 0.3 is 0 Å². The van der Waals surface area contributed by atoms with Crippen molar-refractivity contribution in [1.82, 2.24) is 0 Å². The molecule has 2 nitrogen and oxygen atoms in total. The van der Waals surface area contributed by atoms with Crippen LogP contribution < -0.4 is 4.90 Å². The van der Waals surface area contributed by atoms with Gasteiger partial charge in [0.1, 0.15) is 31.2 Å². The third-order valence-corrected chi connectivity index (χ3v) is 4.10. The molecule has 24 heavy (non-hydrogen) atoms. The molecule has 3 aromatic carbocycles. The van der Waals surface area contributed by atoms with Gasteiger partial charge in [0.25, 0.3) is 0 Å². The first kappa shape index (κ1) is 16.2. The zero-order valence-electron chi connectivity index (χ0n) is 13.5. The highest BCUT2D eigenvalue weighted by Crippen LogP contribution is 2.14. The standard InChI is InChI=1S/C21H20FNO/c22-20-12-10-18(11-13-20)15-23(14-17-6-2-1-3-7-17)16-19-8-4-5-9-21(19)24/h1-13,24H,14-16H2/p+1. The molecule has 3 rings (SSSR count). The Morgan fingerprint density at radius 3 is 1.92 bits per heavy atom. The second kappa shape index (κ2) is 7.75. The lowest BCUT2D eigenvalue weighted by Crippen LogP contribution is -3.08. The smallest absolute Gasteiger partial charge is 0.124 e. The summed E-state index contributed by atoms with van der Waals surface area (Å²) in [5.74, 6) is 0.103. The molecular formula is C21H21FNO+. The number of para-hydroxylation sites is 1. The zero-order valence-corrected chi connectivity index (χ0v) is 13.5. The number of rotatable bonds is 6. The Morgan fingerprint density at radius 1 is 0.667 bits per heavy atom. The Bertz CT molecular complexity index is 771. The number of benzene rings is 3. The Labute approximate surface area is 141 Å². The Hall–Kier alpha value is -2.65. The summed E-state index contributed by atoms with van der Waals surface area (Å²) in [7, 11) is 0. The summed E-state index contributed by atoms with van der Waals surface area (Å²) < 4.78 is 13.1. The lowest BCUT2D eigenvalue weighted by Gasteiger charge is -2.20. The molecule has 0 aliphatic rings. The van der Waals surface area contributed by atoms with Crippen molar-refractivity contribution < 1.29 is 14.4 Å². The maximum Gasteiger partial charge on any atom is 0.124 e. The van der Waals surface area contributed by atoms with Crippen molar-refractivity contribution in [2.24, 2.45) is 0 Å². The number of halogens is 1. The Balaban J connectivity index is 1.80. The monoisotopic (exact) mass is 322 g/mol. The normalized spacial score (nSPS) is 12.0. The molecule has 3 aromatic rings. The summed E-state index contributed by atoms with van der Waals surface area (Å²) in [6.07, 6.45) is 0. The van der Waals surface area contributed by atoms with Crippen LogP contribution in [0.4, 0.5) is 4.39 Å². The van der Waals surface area contributed by atoms with E-state index in [-0.39, 0.29) is 5.82 Å². The molecule has 122 valence electrons. The molecule has 0 aromatic heterocycles. The van der Waals surface area contributed by atoms with E-state index in [0.29, 0.717) is 12.3 Å². The van der Waals surface area contributed by atoms with Crippen LogP contribution in [0.3, 0.4) is 0 Å². The average molecular weight is 322 g/mol. The molecule has 0 spiro atoms.